The van der Waals surface area contributed by atoms with Crippen LogP contribution in [0.3, 0.4) is 0 Å². The molecule has 1 saturated heterocycles. The number of nitrogens with one attached hydrogen (secondary N) is 2. The SMILES string of the molecule is N[C@@H](Cc1ccc(O)c(O)c1)C(=O)NC1CCC(=O)NC1. The number of amides is 2. The molecule has 0 spiro atoms. The summed E-state index contributed by atoms with van der Waals surface area (Å²) in [5, 5.41) is 24.1. The minimum absolute atomic E-state index is 0.00985. The molecule has 1 aliphatic heterocycles. The average Bonchev–Trinajstić information content (AvgIpc) is 2.45. The summed E-state index contributed by atoms with van der Waals surface area (Å²) in [4.78, 5) is 23.0. The number of nitrogens with two attached hydrogens (primary N) is 1. The summed E-state index contributed by atoms with van der Waals surface area (Å²) in [7, 11) is 0. The van der Waals surface area contributed by atoms with Crippen molar-refractivity contribution in [2.75, 3.05) is 6.54 Å². The van der Waals surface area contributed by atoms with E-state index in [9.17, 15) is 19.8 Å². The molecular weight excluding hydrogens is 274 g/mol. The van der Waals surface area contributed by atoms with E-state index in [0.29, 0.717) is 24.9 Å². The second-order valence-electron chi connectivity index (χ2n) is 5.18. The van der Waals surface area contributed by atoms with Crippen LogP contribution in [0.15, 0.2) is 18.2 Å². The van der Waals surface area contributed by atoms with E-state index in [4.69, 9.17) is 5.73 Å². The summed E-state index contributed by atoms with van der Waals surface area (Å²) >= 11 is 0. The second-order valence-corrected chi connectivity index (χ2v) is 5.18. The largest absolute Gasteiger partial charge is 0.504 e. The third-order valence-corrected chi connectivity index (χ3v) is 3.44. The summed E-state index contributed by atoms with van der Waals surface area (Å²) in [6.07, 6.45) is 1.25. The Hall–Kier alpha value is -2.28. The van der Waals surface area contributed by atoms with Crippen molar-refractivity contribution >= 4 is 11.8 Å². The van der Waals surface area contributed by atoms with Crippen LogP contribution in [0.2, 0.25) is 0 Å². The van der Waals surface area contributed by atoms with E-state index in [-0.39, 0.29) is 35.8 Å². The first-order chi connectivity index (χ1) is 9.95. The molecular formula is C14H19N3O4. The number of carbonyl (C=O) groups is 2. The molecule has 0 bridgehead atoms. The quantitative estimate of drug-likeness (QED) is 0.472. The van der Waals surface area contributed by atoms with Crippen molar-refractivity contribution in [3.63, 3.8) is 0 Å². The van der Waals surface area contributed by atoms with Crippen molar-refractivity contribution < 1.29 is 19.8 Å². The van der Waals surface area contributed by atoms with Crippen molar-refractivity contribution in [3.05, 3.63) is 23.8 Å². The van der Waals surface area contributed by atoms with Gasteiger partial charge in [0.05, 0.1) is 6.04 Å². The van der Waals surface area contributed by atoms with E-state index in [1.807, 2.05) is 0 Å². The molecule has 1 aromatic carbocycles. The lowest BCUT2D eigenvalue weighted by atomic mass is 10.0. The maximum absolute atomic E-state index is 12.0. The monoisotopic (exact) mass is 293 g/mol. The zero-order valence-electron chi connectivity index (χ0n) is 11.5. The molecule has 1 aromatic rings. The van der Waals surface area contributed by atoms with Crippen LogP contribution in [0.4, 0.5) is 0 Å². The minimum Gasteiger partial charge on any atom is -0.504 e. The molecule has 1 heterocycles. The fraction of sp³-hybridized carbons (Fsp3) is 0.429. The average molecular weight is 293 g/mol. The van der Waals surface area contributed by atoms with Crippen LogP contribution in [-0.2, 0) is 16.0 Å². The number of benzene rings is 1. The Labute approximate surface area is 122 Å². The van der Waals surface area contributed by atoms with Gasteiger partial charge >= 0.3 is 0 Å². The van der Waals surface area contributed by atoms with Gasteiger partial charge in [-0.05, 0) is 30.5 Å². The summed E-state index contributed by atoms with van der Waals surface area (Å²) < 4.78 is 0. The number of piperidine rings is 1. The molecule has 114 valence electrons. The van der Waals surface area contributed by atoms with Gasteiger partial charge in [-0.25, -0.2) is 0 Å². The first kappa shape index (κ1) is 15.1. The van der Waals surface area contributed by atoms with Gasteiger partial charge in [0, 0.05) is 19.0 Å². The van der Waals surface area contributed by atoms with Gasteiger partial charge in [0.25, 0.3) is 0 Å². The number of phenolic OH excluding ortho intramolecular Hbond substituents is 2. The van der Waals surface area contributed by atoms with Gasteiger partial charge in [0.2, 0.25) is 11.8 Å². The Morgan fingerprint density at radius 1 is 1.43 bits per heavy atom. The highest BCUT2D eigenvalue weighted by Gasteiger charge is 2.22. The van der Waals surface area contributed by atoms with Crippen molar-refractivity contribution in [3.8, 4) is 11.5 Å². The molecule has 2 amide bonds. The highest BCUT2D eigenvalue weighted by molar-refractivity contribution is 5.83. The maximum Gasteiger partial charge on any atom is 0.237 e. The van der Waals surface area contributed by atoms with E-state index < -0.39 is 6.04 Å². The van der Waals surface area contributed by atoms with Crippen molar-refractivity contribution in [2.24, 2.45) is 5.73 Å². The van der Waals surface area contributed by atoms with E-state index in [1.54, 1.807) is 6.07 Å². The molecule has 1 fully saturated rings. The van der Waals surface area contributed by atoms with Crippen LogP contribution >= 0.6 is 0 Å². The summed E-state index contributed by atoms with van der Waals surface area (Å²) in [6.45, 7) is 0.414. The number of phenols is 2. The number of carbonyl (C=O) groups excluding carboxylic acids is 2. The predicted molar refractivity (Wildman–Crippen MR) is 75.6 cm³/mol. The van der Waals surface area contributed by atoms with Crippen molar-refractivity contribution in [1.29, 1.82) is 0 Å². The van der Waals surface area contributed by atoms with E-state index in [0.717, 1.165) is 0 Å². The zero-order valence-corrected chi connectivity index (χ0v) is 11.5. The van der Waals surface area contributed by atoms with Crippen LogP contribution in [0.5, 0.6) is 11.5 Å². The molecule has 0 aliphatic carbocycles. The zero-order chi connectivity index (χ0) is 15.4. The summed E-state index contributed by atoms with van der Waals surface area (Å²) in [5.41, 5.74) is 6.50. The van der Waals surface area contributed by atoms with Gasteiger partial charge < -0.3 is 26.6 Å². The highest BCUT2D eigenvalue weighted by atomic mass is 16.3. The molecule has 21 heavy (non-hydrogen) atoms. The number of rotatable bonds is 4. The third-order valence-electron chi connectivity index (χ3n) is 3.44. The Bertz CT molecular complexity index is 537. The lowest BCUT2D eigenvalue weighted by Crippen LogP contribution is -2.52. The highest BCUT2D eigenvalue weighted by Crippen LogP contribution is 2.25. The van der Waals surface area contributed by atoms with E-state index >= 15 is 0 Å². The van der Waals surface area contributed by atoms with E-state index in [2.05, 4.69) is 10.6 Å². The van der Waals surface area contributed by atoms with Crippen LogP contribution in [-0.4, -0.2) is 40.7 Å². The first-order valence-electron chi connectivity index (χ1n) is 6.79. The lowest BCUT2D eigenvalue weighted by molar-refractivity contribution is -0.126. The Morgan fingerprint density at radius 2 is 2.19 bits per heavy atom. The van der Waals surface area contributed by atoms with Crippen molar-refractivity contribution in [1.82, 2.24) is 10.6 Å². The normalized spacial score (nSPS) is 19.7. The minimum atomic E-state index is -0.758. The van der Waals surface area contributed by atoms with Gasteiger partial charge in [-0.1, -0.05) is 6.07 Å². The summed E-state index contributed by atoms with van der Waals surface area (Å²) in [5.74, 6) is -0.766. The fourth-order valence-corrected chi connectivity index (χ4v) is 2.21. The maximum atomic E-state index is 12.0. The standard InChI is InChI=1S/C14H19N3O4/c15-10(5-8-1-3-11(18)12(19)6-8)14(21)17-9-2-4-13(20)16-7-9/h1,3,6,9-10,18-19H,2,4-5,7,15H2,(H,16,20)(H,17,21)/t9?,10-/m0/s1. The van der Waals surface area contributed by atoms with Crippen LogP contribution in [0.25, 0.3) is 0 Å². The van der Waals surface area contributed by atoms with Crippen molar-refractivity contribution in [2.45, 2.75) is 31.3 Å². The third kappa shape index (κ3) is 4.09. The Kier molecular flexibility index (Phi) is 4.64. The molecule has 0 aromatic heterocycles. The van der Waals surface area contributed by atoms with Gasteiger partial charge in [-0.3, -0.25) is 9.59 Å². The smallest absolute Gasteiger partial charge is 0.237 e. The molecule has 7 heteroatoms. The summed E-state index contributed by atoms with van der Waals surface area (Å²) in [6, 6.07) is 3.47. The Morgan fingerprint density at radius 3 is 2.81 bits per heavy atom. The molecule has 7 nitrogen and oxygen atoms in total. The number of hydrogen-bond acceptors (Lipinski definition) is 5. The van der Waals surface area contributed by atoms with Gasteiger partial charge in [0.1, 0.15) is 0 Å². The first-order valence-corrected chi connectivity index (χ1v) is 6.79. The van der Waals surface area contributed by atoms with Gasteiger partial charge in [0.15, 0.2) is 11.5 Å². The number of hydrogen-bond donors (Lipinski definition) is 5. The van der Waals surface area contributed by atoms with E-state index in [1.165, 1.54) is 12.1 Å². The molecule has 2 rings (SSSR count). The number of aromatic hydroxyl groups is 2. The molecule has 2 atom stereocenters. The fourth-order valence-electron chi connectivity index (χ4n) is 2.21. The lowest BCUT2D eigenvalue weighted by Gasteiger charge is -2.25. The van der Waals surface area contributed by atoms with Crippen LogP contribution < -0.4 is 16.4 Å². The van der Waals surface area contributed by atoms with Gasteiger partial charge in [-0.2, -0.15) is 0 Å². The second kappa shape index (κ2) is 6.45. The molecule has 0 radical (unpaired) electrons. The predicted octanol–water partition coefficient (Wildman–Crippen LogP) is -0.638. The topological polar surface area (TPSA) is 125 Å². The van der Waals surface area contributed by atoms with Gasteiger partial charge in [-0.15, -0.1) is 0 Å². The molecule has 6 N–H and O–H groups in total. The molecule has 1 aliphatic rings. The molecule has 0 saturated carbocycles. The Balaban J connectivity index is 1.87. The van der Waals surface area contributed by atoms with Crippen LogP contribution in [0.1, 0.15) is 18.4 Å². The van der Waals surface area contributed by atoms with Crippen LogP contribution in [0, 0.1) is 0 Å². The molecule has 1 unspecified atom stereocenters.